The normalized spacial score (nSPS) is 12.8. The van der Waals surface area contributed by atoms with Crippen molar-refractivity contribution in [3.63, 3.8) is 0 Å². The highest BCUT2D eigenvalue weighted by Gasteiger charge is 2.15. The van der Waals surface area contributed by atoms with Crippen LogP contribution in [0.3, 0.4) is 0 Å². The molecule has 4 rings (SSSR count). The zero-order chi connectivity index (χ0) is 15.1. The van der Waals surface area contributed by atoms with E-state index in [9.17, 15) is 0 Å². The van der Waals surface area contributed by atoms with Gasteiger partial charge in [-0.3, -0.25) is 0 Å². The monoisotopic (exact) mass is 332 g/mol. The third kappa shape index (κ3) is 2.50. The average molecular weight is 333 g/mol. The first kappa shape index (κ1) is 15.6. The molecule has 1 aromatic heterocycles. The number of methoxy groups -OCH3 is 2. The fourth-order valence-electron chi connectivity index (χ4n) is 2.85. The lowest BCUT2D eigenvalue weighted by Crippen LogP contribution is -2.00. The lowest BCUT2D eigenvalue weighted by molar-refractivity contribution is 0.355. The number of halogens is 1. The van der Waals surface area contributed by atoms with Crippen molar-refractivity contribution in [2.45, 2.75) is 13.1 Å². The van der Waals surface area contributed by atoms with Crippen molar-refractivity contribution in [1.29, 1.82) is 0 Å². The molecule has 0 saturated carbocycles. The molecule has 120 valence electrons. The quantitative estimate of drug-likeness (QED) is 0.798. The third-order valence-electron chi connectivity index (χ3n) is 4.02. The molecule has 2 aromatic carbocycles. The minimum Gasteiger partial charge on any atom is -0.493 e. The van der Waals surface area contributed by atoms with Crippen molar-refractivity contribution in [1.82, 2.24) is 20.3 Å². The zero-order valence-corrected chi connectivity index (χ0v) is 13.7. The molecule has 0 amide bonds. The molecule has 1 N–H and O–H groups in total. The van der Waals surface area contributed by atoms with Gasteiger partial charge in [0.25, 0.3) is 0 Å². The standard InChI is InChI=1S/C16H16N4O2.ClH/c1-21-15-6-13-14(7-16(15)22-2)20(19-18-13)12-4-3-10-8-17-9-11(10)5-12;/h3-7,17H,8-9H2,1-2H3;1H. The second kappa shape index (κ2) is 6.06. The Bertz CT molecular complexity index is 863. The molecule has 1 aliphatic rings. The van der Waals surface area contributed by atoms with Gasteiger partial charge in [-0.05, 0) is 23.3 Å². The summed E-state index contributed by atoms with van der Waals surface area (Å²) in [4.78, 5) is 0. The van der Waals surface area contributed by atoms with Crippen molar-refractivity contribution in [3.05, 3.63) is 41.5 Å². The zero-order valence-electron chi connectivity index (χ0n) is 12.9. The Balaban J connectivity index is 0.00000156. The van der Waals surface area contributed by atoms with Crippen molar-refractivity contribution in [2.24, 2.45) is 0 Å². The summed E-state index contributed by atoms with van der Waals surface area (Å²) in [7, 11) is 3.24. The highest BCUT2D eigenvalue weighted by Crippen LogP contribution is 2.32. The smallest absolute Gasteiger partial charge is 0.163 e. The highest BCUT2D eigenvalue weighted by molar-refractivity contribution is 5.85. The van der Waals surface area contributed by atoms with Crippen molar-refractivity contribution in [3.8, 4) is 17.2 Å². The molecule has 3 aromatic rings. The van der Waals surface area contributed by atoms with Crippen molar-refractivity contribution >= 4 is 23.4 Å². The molecule has 0 fully saturated rings. The number of hydrogen-bond donors (Lipinski definition) is 1. The first-order valence-electron chi connectivity index (χ1n) is 7.10. The van der Waals surface area contributed by atoms with Gasteiger partial charge in [-0.1, -0.05) is 11.3 Å². The van der Waals surface area contributed by atoms with Gasteiger partial charge in [0.2, 0.25) is 0 Å². The van der Waals surface area contributed by atoms with E-state index in [1.54, 1.807) is 14.2 Å². The van der Waals surface area contributed by atoms with Crippen LogP contribution in [0.15, 0.2) is 30.3 Å². The van der Waals surface area contributed by atoms with Gasteiger partial charge in [0, 0.05) is 25.2 Å². The maximum absolute atomic E-state index is 5.37. The van der Waals surface area contributed by atoms with Crippen LogP contribution in [-0.4, -0.2) is 29.2 Å². The number of fused-ring (bicyclic) bond motifs is 2. The number of ether oxygens (including phenoxy) is 2. The van der Waals surface area contributed by atoms with E-state index in [2.05, 4.69) is 33.8 Å². The van der Waals surface area contributed by atoms with Gasteiger partial charge >= 0.3 is 0 Å². The molecule has 1 aliphatic heterocycles. The minimum absolute atomic E-state index is 0. The second-order valence-corrected chi connectivity index (χ2v) is 5.25. The molecule has 2 heterocycles. The first-order valence-corrected chi connectivity index (χ1v) is 7.10. The number of nitrogens with zero attached hydrogens (tertiary/aromatic N) is 3. The van der Waals surface area contributed by atoms with Crippen LogP contribution in [0.25, 0.3) is 16.7 Å². The Morgan fingerprint density at radius 3 is 2.52 bits per heavy atom. The molecule has 0 spiro atoms. The Kier molecular flexibility index (Phi) is 4.11. The molecule has 0 atom stereocenters. The maximum atomic E-state index is 5.37. The molecular formula is C16H17ClN4O2. The summed E-state index contributed by atoms with van der Waals surface area (Å²) < 4.78 is 12.5. The van der Waals surface area contributed by atoms with Gasteiger partial charge in [-0.25, -0.2) is 4.68 Å². The summed E-state index contributed by atoms with van der Waals surface area (Å²) >= 11 is 0. The van der Waals surface area contributed by atoms with E-state index < -0.39 is 0 Å². The number of rotatable bonds is 3. The molecule has 6 nitrogen and oxygen atoms in total. The Morgan fingerprint density at radius 1 is 1.00 bits per heavy atom. The average Bonchev–Trinajstić information content (AvgIpc) is 3.18. The molecule has 0 radical (unpaired) electrons. The van der Waals surface area contributed by atoms with E-state index in [1.807, 2.05) is 16.8 Å². The fourth-order valence-corrected chi connectivity index (χ4v) is 2.85. The predicted octanol–water partition coefficient (Wildman–Crippen LogP) is 2.46. The van der Waals surface area contributed by atoms with E-state index in [0.717, 1.165) is 29.8 Å². The van der Waals surface area contributed by atoms with Crippen LogP contribution in [-0.2, 0) is 13.1 Å². The van der Waals surface area contributed by atoms with Crippen molar-refractivity contribution < 1.29 is 9.47 Å². The molecule has 0 unspecified atom stereocenters. The Labute approximate surface area is 139 Å². The topological polar surface area (TPSA) is 61.2 Å². The third-order valence-corrected chi connectivity index (χ3v) is 4.02. The molecule has 23 heavy (non-hydrogen) atoms. The lowest BCUT2D eigenvalue weighted by Gasteiger charge is -2.08. The van der Waals surface area contributed by atoms with Gasteiger partial charge < -0.3 is 14.8 Å². The summed E-state index contributed by atoms with van der Waals surface area (Å²) in [5.41, 5.74) is 5.31. The summed E-state index contributed by atoms with van der Waals surface area (Å²) in [6, 6.07) is 10.1. The molecule has 0 saturated heterocycles. The predicted molar refractivity (Wildman–Crippen MR) is 89.8 cm³/mol. The molecule has 0 aliphatic carbocycles. The summed E-state index contributed by atoms with van der Waals surface area (Å²) in [6.07, 6.45) is 0. The fraction of sp³-hybridized carbons (Fsp3) is 0.250. The van der Waals surface area contributed by atoms with Gasteiger partial charge in [0.05, 0.1) is 25.4 Å². The molecular weight excluding hydrogens is 316 g/mol. The van der Waals surface area contributed by atoms with Gasteiger partial charge in [-0.2, -0.15) is 0 Å². The van der Waals surface area contributed by atoms with Crippen LogP contribution in [0, 0.1) is 0 Å². The number of hydrogen-bond acceptors (Lipinski definition) is 5. The Hall–Kier alpha value is -2.31. The van der Waals surface area contributed by atoms with Gasteiger partial charge in [-0.15, -0.1) is 17.5 Å². The Morgan fingerprint density at radius 2 is 1.74 bits per heavy atom. The van der Waals surface area contributed by atoms with Crippen LogP contribution in [0.1, 0.15) is 11.1 Å². The van der Waals surface area contributed by atoms with E-state index in [1.165, 1.54) is 11.1 Å². The van der Waals surface area contributed by atoms with Crippen LogP contribution in [0.2, 0.25) is 0 Å². The number of benzene rings is 2. The lowest BCUT2D eigenvalue weighted by atomic mass is 10.1. The van der Waals surface area contributed by atoms with E-state index in [0.29, 0.717) is 11.5 Å². The highest BCUT2D eigenvalue weighted by atomic mass is 35.5. The van der Waals surface area contributed by atoms with Crippen LogP contribution >= 0.6 is 12.4 Å². The second-order valence-electron chi connectivity index (χ2n) is 5.25. The van der Waals surface area contributed by atoms with E-state index >= 15 is 0 Å². The van der Waals surface area contributed by atoms with E-state index in [4.69, 9.17) is 9.47 Å². The molecule has 7 heteroatoms. The summed E-state index contributed by atoms with van der Waals surface area (Å²) in [5, 5.41) is 11.9. The van der Waals surface area contributed by atoms with Crippen LogP contribution in [0.5, 0.6) is 11.5 Å². The van der Waals surface area contributed by atoms with Crippen LogP contribution < -0.4 is 14.8 Å². The van der Waals surface area contributed by atoms with Gasteiger partial charge in [0.1, 0.15) is 5.52 Å². The first-order chi connectivity index (χ1) is 10.8. The van der Waals surface area contributed by atoms with Crippen molar-refractivity contribution in [2.75, 3.05) is 14.2 Å². The number of nitrogens with one attached hydrogen (secondary N) is 1. The van der Waals surface area contributed by atoms with Crippen LogP contribution in [0.4, 0.5) is 0 Å². The summed E-state index contributed by atoms with van der Waals surface area (Å²) in [5.74, 6) is 1.32. The van der Waals surface area contributed by atoms with Gasteiger partial charge in [0.15, 0.2) is 11.5 Å². The SMILES string of the molecule is COc1cc2nnn(-c3ccc4c(c3)CNC4)c2cc1OC.Cl. The number of aromatic nitrogens is 3. The van der Waals surface area contributed by atoms with E-state index in [-0.39, 0.29) is 12.4 Å². The minimum atomic E-state index is 0. The largest absolute Gasteiger partial charge is 0.493 e. The molecule has 0 bridgehead atoms. The maximum Gasteiger partial charge on any atom is 0.163 e. The summed E-state index contributed by atoms with van der Waals surface area (Å²) in [6.45, 7) is 1.83.